The molecule has 0 saturated carbocycles. The summed E-state index contributed by atoms with van der Waals surface area (Å²) in [7, 11) is 0. The minimum absolute atomic E-state index is 2.13. The molecule has 0 aromatic heterocycles. The van der Waals surface area contributed by atoms with Crippen molar-refractivity contribution in [3.63, 3.8) is 0 Å². The SMILES string of the molecule is O=C(O)C(OC(F)(F)C(F)(F)C(F)(F)F)C(F)(F)F. The van der Waals surface area contributed by atoms with Crippen LogP contribution in [0.4, 0.5) is 43.9 Å². The lowest BCUT2D eigenvalue weighted by molar-refractivity contribution is -0.441. The van der Waals surface area contributed by atoms with Crippen LogP contribution in [0.1, 0.15) is 0 Å². The van der Waals surface area contributed by atoms with Gasteiger partial charge in [-0.05, 0) is 0 Å². The molecule has 1 N–H and O–H groups in total. The van der Waals surface area contributed by atoms with E-state index < -0.39 is 36.5 Å². The second kappa shape index (κ2) is 4.68. The molecule has 0 fully saturated rings. The lowest BCUT2D eigenvalue weighted by Crippen LogP contribution is -2.57. The molecule has 0 bridgehead atoms. The summed E-state index contributed by atoms with van der Waals surface area (Å²) in [4.78, 5) is 9.90. The second-order valence-electron chi connectivity index (χ2n) is 2.97. The summed E-state index contributed by atoms with van der Waals surface area (Å²) in [6.45, 7) is 0. The van der Waals surface area contributed by atoms with E-state index in [-0.39, 0.29) is 0 Å². The van der Waals surface area contributed by atoms with Gasteiger partial charge in [0, 0.05) is 0 Å². The zero-order chi connectivity index (χ0) is 15.9. The zero-order valence-corrected chi connectivity index (χ0v) is 8.12. The predicted octanol–water partition coefficient (Wildman–Crippen LogP) is 2.81. The van der Waals surface area contributed by atoms with Gasteiger partial charge < -0.3 is 5.11 Å². The van der Waals surface area contributed by atoms with Crippen LogP contribution in [0.2, 0.25) is 0 Å². The molecule has 0 aliphatic heterocycles. The fourth-order valence-electron chi connectivity index (χ4n) is 0.644. The molecule has 0 aliphatic rings. The normalized spacial score (nSPS) is 16.3. The van der Waals surface area contributed by atoms with Crippen LogP contribution >= 0.6 is 0 Å². The van der Waals surface area contributed by atoms with Crippen molar-refractivity contribution in [1.82, 2.24) is 0 Å². The van der Waals surface area contributed by atoms with E-state index in [0.717, 1.165) is 0 Å². The van der Waals surface area contributed by atoms with Gasteiger partial charge in [0.15, 0.2) is 0 Å². The quantitative estimate of drug-likeness (QED) is 0.812. The predicted molar refractivity (Wildman–Crippen MR) is 34.5 cm³/mol. The van der Waals surface area contributed by atoms with E-state index in [1.54, 1.807) is 0 Å². The molecule has 1 atom stereocenters. The molecule has 0 saturated heterocycles. The van der Waals surface area contributed by atoms with E-state index in [2.05, 4.69) is 4.74 Å². The van der Waals surface area contributed by atoms with Gasteiger partial charge in [-0.1, -0.05) is 0 Å². The van der Waals surface area contributed by atoms with Gasteiger partial charge in [-0.25, -0.2) is 4.79 Å². The molecule has 0 heterocycles. The van der Waals surface area contributed by atoms with E-state index in [1.165, 1.54) is 0 Å². The molecule has 0 aromatic rings. The van der Waals surface area contributed by atoms with Crippen molar-refractivity contribution in [1.29, 1.82) is 0 Å². The number of aliphatic carboxylic acids is 1. The van der Waals surface area contributed by atoms with E-state index in [0.29, 0.717) is 0 Å². The minimum atomic E-state index is -7.00. The highest BCUT2D eigenvalue weighted by Crippen LogP contribution is 2.48. The number of halogens is 10. The average Bonchev–Trinajstić information content (AvgIpc) is 2.09. The Kier molecular flexibility index (Phi) is 4.37. The number of rotatable bonds is 4. The first-order valence-corrected chi connectivity index (χ1v) is 3.83. The molecule has 0 amide bonds. The summed E-state index contributed by atoms with van der Waals surface area (Å²) in [6, 6.07) is 0. The first kappa shape index (κ1) is 17.7. The van der Waals surface area contributed by atoms with Crippen molar-refractivity contribution < 1.29 is 58.5 Å². The fraction of sp³-hybridized carbons (Fsp3) is 0.833. The van der Waals surface area contributed by atoms with E-state index in [9.17, 15) is 48.7 Å². The summed E-state index contributed by atoms with van der Waals surface area (Å²) in [5, 5.41) is 7.84. The van der Waals surface area contributed by atoms with Crippen molar-refractivity contribution in [2.24, 2.45) is 0 Å². The van der Waals surface area contributed by atoms with Crippen LogP contribution in [0.5, 0.6) is 0 Å². The molecule has 0 spiro atoms. The van der Waals surface area contributed by atoms with Gasteiger partial charge in [0.2, 0.25) is 0 Å². The summed E-state index contributed by atoms with van der Waals surface area (Å²) in [6.07, 6.45) is -24.3. The third-order valence-electron chi connectivity index (χ3n) is 1.51. The van der Waals surface area contributed by atoms with Crippen LogP contribution in [-0.2, 0) is 9.53 Å². The maximum Gasteiger partial charge on any atom is 0.462 e. The van der Waals surface area contributed by atoms with Gasteiger partial charge >= 0.3 is 30.4 Å². The number of alkyl halides is 10. The molecule has 19 heavy (non-hydrogen) atoms. The van der Waals surface area contributed by atoms with Crippen molar-refractivity contribution in [3.8, 4) is 0 Å². The number of hydrogen-bond acceptors (Lipinski definition) is 2. The Morgan fingerprint density at radius 3 is 1.47 bits per heavy atom. The third-order valence-corrected chi connectivity index (χ3v) is 1.51. The van der Waals surface area contributed by atoms with Crippen LogP contribution in [0, 0.1) is 0 Å². The van der Waals surface area contributed by atoms with E-state index in [4.69, 9.17) is 5.11 Å². The van der Waals surface area contributed by atoms with Crippen molar-refractivity contribution >= 4 is 5.97 Å². The van der Waals surface area contributed by atoms with E-state index >= 15 is 0 Å². The maximum absolute atomic E-state index is 12.4. The first-order chi connectivity index (χ1) is 8.04. The summed E-state index contributed by atoms with van der Waals surface area (Å²) in [5.41, 5.74) is 0. The van der Waals surface area contributed by atoms with Crippen LogP contribution in [-0.4, -0.2) is 41.6 Å². The summed E-state index contributed by atoms with van der Waals surface area (Å²) in [5.74, 6) is -10.2. The number of hydrogen-bond donors (Lipinski definition) is 1. The fourth-order valence-corrected chi connectivity index (χ4v) is 0.644. The lowest BCUT2D eigenvalue weighted by Gasteiger charge is -2.30. The monoisotopic (exact) mass is 312 g/mol. The summed E-state index contributed by atoms with van der Waals surface area (Å²) < 4.78 is 121. The van der Waals surface area contributed by atoms with E-state index in [1.807, 2.05) is 0 Å². The largest absolute Gasteiger partial charge is 0.479 e. The Balaban J connectivity index is 5.41. The van der Waals surface area contributed by atoms with Crippen molar-refractivity contribution in [3.05, 3.63) is 0 Å². The van der Waals surface area contributed by atoms with Gasteiger partial charge in [-0.2, -0.15) is 43.9 Å². The molecule has 3 nitrogen and oxygen atoms in total. The van der Waals surface area contributed by atoms with Gasteiger partial charge in [0.1, 0.15) is 0 Å². The van der Waals surface area contributed by atoms with Gasteiger partial charge in [-0.15, -0.1) is 0 Å². The molecule has 13 heteroatoms. The molecule has 1 unspecified atom stereocenters. The minimum Gasteiger partial charge on any atom is -0.479 e. The Labute approximate surface area is 96.3 Å². The Morgan fingerprint density at radius 1 is 0.895 bits per heavy atom. The molecule has 0 rings (SSSR count). The topological polar surface area (TPSA) is 46.5 Å². The van der Waals surface area contributed by atoms with Gasteiger partial charge in [0.25, 0.3) is 6.10 Å². The van der Waals surface area contributed by atoms with Crippen molar-refractivity contribution in [2.75, 3.05) is 0 Å². The van der Waals surface area contributed by atoms with Crippen LogP contribution < -0.4 is 0 Å². The first-order valence-electron chi connectivity index (χ1n) is 3.83. The molecular weight excluding hydrogens is 310 g/mol. The molecule has 0 radical (unpaired) electrons. The maximum atomic E-state index is 12.4. The lowest BCUT2D eigenvalue weighted by atomic mass is 10.3. The Hall–Kier alpha value is -1.27. The Morgan fingerprint density at radius 2 is 1.26 bits per heavy atom. The number of ether oxygens (including phenoxy) is 1. The Bertz CT molecular complexity index is 342. The van der Waals surface area contributed by atoms with Crippen LogP contribution in [0.3, 0.4) is 0 Å². The molecule has 0 aliphatic carbocycles. The highest BCUT2D eigenvalue weighted by atomic mass is 19.4. The standard InChI is InChI=1S/C6H2F10O3/c7-3(8,9)1(2(17)18)19-6(15,16)4(10,11)5(12,13)14/h1H,(H,17,18). The van der Waals surface area contributed by atoms with Gasteiger partial charge in [-0.3, -0.25) is 4.74 Å². The smallest absolute Gasteiger partial charge is 0.462 e. The van der Waals surface area contributed by atoms with Crippen LogP contribution in [0.25, 0.3) is 0 Å². The zero-order valence-electron chi connectivity index (χ0n) is 8.12. The summed E-state index contributed by atoms with van der Waals surface area (Å²) >= 11 is 0. The average molecular weight is 312 g/mol. The number of carbonyl (C=O) groups is 1. The number of carboxylic acids is 1. The number of carboxylic acid groups (broad SMARTS) is 1. The molecular formula is C6H2F10O3. The molecule has 114 valence electrons. The van der Waals surface area contributed by atoms with Gasteiger partial charge in [0.05, 0.1) is 0 Å². The highest BCUT2D eigenvalue weighted by Gasteiger charge is 2.76. The van der Waals surface area contributed by atoms with Crippen LogP contribution in [0.15, 0.2) is 0 Å². The highest BCUT2D eigenvalue weighted by molar-refractivity contribution is 5.73. The molecule has 0 aromatic carbocycles. The third kappa shape index (κ3) is 3.61. The second-order valence-corrected chi connectivity index (χ2v) is 2.97. The van der Waals surface area contributed by atoms with Crippen molar-refractivity contribution in [2.45, 2.75) is 30.5 Å².